The topological polar surface area (TPSA) is 30.7 Å². The van der Waals surface area contributed by atoms with Crippen molar-refractivity contribution in [2.45, 2.75) is 24.8 Å². The number of hydrogen-bond acceptors (Lipinski definition) is 2. The smallest absolute Gasteiger partial charge is 0.104 e. The van der Waals surface area contributed by atoms with Crippen LogP contribution in [-0.2, 0) is 0 Å². The monoisotopic (exact) mass is 275 g/mol. The highest BCUT2D eigenvalue weighted by Crippen LogP contribution is 2.39. The van der Waals surface area contributed by atoms with E-state index in [1.54, 1.807) is 0 Å². The van der Waals surface area contributed by atoms with Crippen molar-refractivity contribution in [3.8, 4) is 0 Å². The third kappa shape index (κ3) is 2.47. The fourth-order valence-electron chi connectivity index (χ4n) is 2.75. The van der Waals surface area contributed by atoms with Crippen LogP contribution in [0.3, 0.4) is 0 Å². The maximum Gasteiger partial charge on any atom is 0.104 e. The third-order valence-electron chi connectivity index (χ3n) is 4.02. The van der Waals surface area contributed by atoms with Crippen LogP contribution in [0.1, 0.15) is 41.6 Å². The molecular formula is C18H17N3. The Bertz CT molecular complexity index is 675. The van der Waals surface area contributed by atoms with Crippen molar-refractivity contribution in [1.82, 2.24) is 15.0 Å². The first kappa shape index (κ1) is 12.3. The van der Waals surface area contributed by atoms with E-state index in [1.807, 2.05) is 16.8 Å². The number of benzene rings is 2. The van der Waals surface area contributed by atoms with Crippen LogP contribution < -0.4 is 0 Å². The summed E-state index contributed by atoms with van der Waals surface area (Å²) in [6, 6.07) is 21.1. The van der Waals surface area contributed by atoms with E-state index in [4.69, 9.17) is 0 Å². The second-order valence-electron chi connectivity index (χ2n) is 5.62. The van der Waals surface area contributed by atoms with Gasteiger partial charge in [0.05, 0.1) is 5.69 Å². The van der Waals surface area contributed by atoms with E-state index in [0.29, 0.717) is 5.92 Å². The Hall–Kier alpha value is -2.42. The van der Waals surface area contributed by atoms with Crippen molar-refractivity contribution < 1.29 is 0 Å². The molecule has 0 N–H and O–H groups in total. The molecule has 1 aliphatic carbocycles. The van der Waals surface area contributed by atoms with Crippen LogP contribution in [0.25, 0.3) is 0 Å². The number of rotatable bonds is 4. The Morgan fingerprint density at radius 3 is 1.95 bits per heavy atom. The van der Waals surface area contributed by atoms with Gasteiger partial charge in [-0.25, -0.2) is 4.68 Å². The van der Waals surface area contributed by atoms with Gasteiger partial charge in [0.2, 0.25) is 0 Å². The van der Waals surface area contributed by atoms with E-state index < -0.39 is 0 Å². The average Bonchev–Trinajstić information content (AvgIpc) is 3.29. The van der Waals surface area contributed by atoms with Crippen LogP contribution in [-0.4, -0.2) is 15.0 Å². The SMILES string of the molecule is c1ccc(C(c2ccccc2)n2cc(C3CC3)nn2)cc1. The van der Waals surface area contributed by atoms with Gasteiger partial charge in [-0.05, 0) is 24.0 Å². The first-order valence-corrected chi connectivity index (χ1v) is 7.43. The summed E-state index contributed by atoms with van der Waals surface area (Å²) < 4.78 is 2.00. The van der Waals surface area contributed by atoms with Gasteiger partial charge < -0.3 is 0 Å². The molecule has 0 saturated heterocycles. The van der Waals surface area contributed by atoms with Crippen LogP contribution in [0.5, 0.6) is 0 Å². The molecular weight excluding hydrogens is 258 g/mol. The summed E-state index contributed by atoms with van der Waals surface area (Å²) in [7, 11) is 0. The van der Waals surface area contributed by atoms with Gasteiger partial charge in [0.15, 0.2) is 0 Å². The number of nitrogens with zero attached hydrogens (tertiary/aromatic N) is 3. The maximum atomic E-state index is 4.40. The molecule has 21 heavy (non-hydrogen) atoms. The summed E-state index contributed by atoms with van der Waals surface area (Å²) >= 11 is 0. The number of aromatic nitrogens is 3. The molecule has 3 aromatic rings. The quantitative estimate of drug-likeness (QED) is 0.725. The summed E-state index contributed by atoms with van der Waals surface area (Å²) in [6.45, 7) is 0. The molecule has 0 bridgehead atoms. The van der Waals surface area contributed by atoms with Crippen LogP contribution in [0.2, 0.25) is 0 Å². The molecule has 1 aliphatic rings. The Labute approximate surface area is 124 Å². The zero-order valence-corrected chi connectivity index (χ0v) is 11.8. The Kier molecular flexibility index (Phi) is 3.03. The van der Waals surface area contributed by atoms with Crippen LogP contribution in [0, 0.1) is 0 Å². The molecule has 1 fully saturated rings. The highest BCUT2D eigenvalue weighted by atomic mass is 15.4. The molecule has 2 aromatic carbocycles. The summed E-state index contributed by atoms with van der Waals surface area (Å²) in [5, 5.41) is 8.76. The molecule has 4 rings (SSSR count). The molecule has 0 amide bonds. The van der Waals surface area contributed by atoms with Gasteiger partial charge in [0.1, 0.15) is 6.04 Å². The molecule has 0 radical (unpaired) electrons. The van der Waals surface area contributed by atoms with Crippen molar-refractivity contribution in [2.24, 2.45) is 0 Å². The van der Waals surface area contributed by atoms with E-state index in [1.165, 1.54) is 24.0 Å². The summed E-state index contributed by atoms with van der Waals surface area (Å²) in [5.74, 6) is 0.631. The molecule has 3 nitrogen and oxygen atoms in total. The van der Waals surface area contributed by atoms with Gasteiger partial charge in [-0.3, -0.25) is 0 Å². The Morgan fingerprint density at radius 2 is 1.43 bits per heavy atom. The summed E-state index contributed by atoms with van der Waals surface area (Å²) in [5.41, 5.74) is 3.60. The molecule has 104 valence electrons. The van der Waals surface area contributed by atoms with Crippen molar-refractivity contribution >= 4 is 0 Å². The molecule has 1 aromatic heterocycles. The highest BCUT2D eigenvalue weighted by molar-refractivity contribution is 5.32. The fraction of sp³-hybridized carbons (Fsp3) is 0.222. The Balaban J connectivity index is 1.78. The van der Waals surface area contributed by atoms with E-state index in [9.17, 15) is 0 Å². The van der Waals surface area contributed by atoms with Crippen LogP contribution in [0.4, 0.5) is 0 Å². The van der Waals surface area contributed by atoms with Crippen molar-refractivity contribution in [3.63, 3.8) is 0 Å². The third-order valence-corrected chi connectivity index (χ3v) is 4.02. The van der Waals surface area contributed by atoms with Gasteiger partial charge in [-0.15, -0.1) is 5.10 Å². The molecule has 0 unspecified atom stereocenters. The molecule has 1 saturated carbocycles. The van der Waals surface area contributed by atoms with Gasteiger partial charge in [0, 0.05) is 12.1 Å². The molecule has 0 spiro atoms. The predicted octanol–water partition coefficient (Wildman–Crippen LogP) is 3.79. The zero-order valence-electron chi connectivity index (χ0n) is 11.8. The lowest BCUT2D eigenvalue weighted by atomic mass is 9.99. The lowest BCUT2D eigenvalue weighted by molar-refractivity contribution is 0.571. The number of hydrogen-bond donors (Lipinski definition) is 0. The molecule has 0 atom stereocenters. The molecule has 3 heteroatoms. The predicted molar refractivity (Wildman–Crippen MR) is 82.1 cm³/mol. The largest absolute Gasteiger partial charge is 0.240 e. The minimum atomic E-state index is 0.0902. The zero-order chi connectivity index (χ0) is 14.1. The fourth-order valence-corrected chi connectivity index (χ4v) is 2.75. The van der Waals surface area contributed by atoms with Gasteiger partial charge in [-0.2, -0.15) is 0 Å². The molecule has 1 heterocycles. The molecule has 0 aliphatic heterocycles. The van der Waals surface area contributed by atoms with Gasteiger partial charge >= 0.3 is 0 Å². The van der Waals surface area contributed by atoms with Crippen LogP contribution in [0.15, 0.2) is 66.9 Å². The maximum absolute atomic E-state index is 4.40. The summed E-state index contributed by atoms with van der Waals surface area (Å²) in [6.07, 6.45) is 4.61. The standard InChI is InChI=1S/C18H17N3/c1-3-7-15(8-4-1)18(16-9-5-2-6-10-16)21-13-17(19-20-21)14-11-12-14/h1-10,13-14,18H,11-12H2. The second-order valence-corrected chi connectivity index (χ2v) is 5.62. The van der Waals surface area contributed by atoms with Crippen LogP contribution >= 0.6 is 0 Å². The highest BCUT2D eigenvalue weighted by Gasteiger charge is 2.28. The first-order valence-electron chi connectivity index (χ1n) is 7.43. The van der Waals surface area contributed by atoms with Gasteiger partial charge in [0.25, 0.3) is 0 Å². The second kappa shape index (κ2) is 5.17. The van der Waals surface area contributed by atoms with Gasteiger partial charge in [-0.1, -0.05) is 65.9 Å². The minimum absolute atomic E-state index is 0.0902. The van der Waals surface area contributed by atoms with Crippen molar-refractivity contribution in [2.75, 3.05) is 0 Å². The minimum Gasteiger partial charge on any atom is -0.240 e. The van der Waals surface area contributed by atoms with Crippen molar-refractivity contribution in [3.05, 3.63) is 83.7 Å². The Morgan fingerprint density at radius 1 is 0.857 bits per heavy atom. The summed E-state index contributed by atoms with van der Waals surface area (Å²) in [4.78, 5) is 0. The van der Waals surface area contributed by atoms with E-state index in [-0.39, 0.29) is 6.04 Å². The first-order chi connectivity index (χ1) is 10.4. The lowest BCUT2D eigenvalue weighted by Gasteiger charge is -2.17. The van der Waals surface area contributed by atoms with E-state index in [2.05, 4.69) is 65.0 Å². The average molecular weight is 275 g/mol. The normalized spacial score (nSPS) is 14.5. The van der Waals surface area contributed by atoms with E-state index in [0.717, 1.165) is 5.69 Å². The van der Waals surface area contributed by atoms with E-state index >= 15 is 0 Å². The van der Waals surface area contributed by atoms with Crippen molar-refractivity contribution in [1.29, 1.82) is 0 Å². The lowest BCUT2D eigenvalue weighted by Crippen LogP contribution is -2.13.